The van der Waals surface area contributed by atoms with Gasteiger partial charge in [-0.15, -0.1) is 0 Å². The first-order valence-corrected chi connectivity index (χ1v) is 13.6. The van der Waals surface area contributed by atoms with Gasteiger partial charge in [0.15, 0.2) is 0 Å². The molecule has 0 bridgehead atoms. The fourth-order valence-electron chi connectivity index (χ4n) is 4.58. The molecule has 3 aromatic carbocycles. The van der Waals surface area contributed by atoms with E-state index in [2.05, 4.69) is 17.3 Å². The Morgan fingerprint density at radius 3 is 2.38 bits per heavy atom. The Hall–Kier alpha value is -2.28. The zero-order valence-electron chi connectivity index (χ0n) is 20.9. The molecule has 1 heterocycles. The smallest absolute Gasteiger partial charge is 0.318 e. The van der Waals surface area contributed by atoms with Crippen LogP contribution in [0.25, 0.3) is 0 Å². The van der Waals surface area contributed by atoms with Crippen LogP contribution in [-0.4, -0.2) is 48.6 Å². The summed E-state index contributed by atoms with van der Waals surface area (Å²) < 4.78 is 6.05. The predicted molar refractivity (Wildman–Crippen MR) is 151 cm³/mol. The van der Waals surface area contributed by atoms with Crippen LogP contribution in [0.3, 0.4) is 0 Å². The normalized spacial score (nSPS) is 15.4. The van der Waals surface area contributed by atoms with Crippen LogP contribution in [0, 0.1) is 0 Å². The number of hydrogen-bond donors (Lipinski definition) is 1. The fraction of sp³-hybridized carbons (Fsp3) is 0.345. The molecular formula is C29H32Cl3N3O2. The maximum Gasteiger partial charge on any atom is 0.318 e. The first-order chi connectivity index (χ1) is 17.9. The lowest BCUT2D eigenvalue weighted by molar-refractivity contribution is 0.0907. The average molecular weight is 561 g/mol. The van der Waals surface area contributed by atoms with Crippen LogP contribution in [0.4, 0.5) is 4.79 Å². The van der Waals surface area contributed by atoms with Crippen LogP contribution in [0.1, 0.15) is 35.6 Å². The van der Waals surface area contributed by atoms with E-state index in [4.69, 9.17) is 39.5 Å². The van der Waals surface area contributed by atoms with Gasteiger partial charge in [-0.05, 0) is 61.8 Å². The van der Waals surface area contributed by atoms with Crippen molar-refractivity contribution in [1.82, 2.24) is 15.1 Å². The van der Waals surface area contributed by atoms with Crippen LogP contribution in [0.5, 0.6) is 0 Å². The predicted octanol–water partition coefficient (Wildman–Crippen LogP) is 7.21. The zero-order chi connectivity index (χ0) is 26.2. The van der Waals surface area contributed by atoms with Crippen LogP contribution in [0.2, 0.25) is 15.1 Å². The molecule has 1 N–H and O–H groups in total. The van der Waals surface area contributed by atoms with Gasteiger partial charge in [0.2, 0.25) is 0 Å². The van der Waals surface area contributed by atoms with E-state index in [-0.39, 0.29) is 18.7 Å². The molecule has 5 nitrogen and oxygen atoms in total. The minimum absolute atomic E-state index is 0.0909. The average Bonchev–Trinajstić information content (AvgIpc) is 2.90. The van der Waals surface area contributed by atoms with E-state index in [0.717, 1.165) is 42.6 Å². The highest BCUT2D eigenvalue weighted by atomic mass is 35.5. The summed E-state index contributed by atoms with van der Waals surface area (Å²) in [5.41, 5.74) is 2.68. The summed E-state index contributed by atoms with van der Waals surface area (Å²) in [5, 5.41) is 4.69. The number of nitrogens with zero attached hydrogens (tertiary/aromatic N) is 2. The molecule has 1 saturated heterocycles. The second-order valence-corrected chi connectivity index (χ2v) is 10.6. The highest BCUT2D eigenvalue weighted by molar-refractivity contribution is 6.42. The van der Waals surface area contributed by atoms with Crippen molar-refractivity contribution in [3.05, 3.63) is 105 Å². The Bertz CT molecular complexity index is 1170. The third-order valence-electron chi connectivity index (χ3n) is 6.74. The SMILES string of the molecule is CN1CCC(N(Cc2ccccc2Cl)C(=O)NC(COCc2ccccc2)c2cccc(Cl)c2Cl)CC1. The monoisotopic (exact) mass is 559 g/mol. The van der Waals surface area contributed by atoms with Crippen LogP contribution >= 0.6 is 34.8 Å². The third kappa shape index (κ3) is 7.62. The molecule has 1 unspecified atom stereocenters. The Morgan fingerprint density at radius 1 is 0.973 bits per heavy atom. The van der Waals surface area contributed by atoms with Gasteiger partial charge in [0, 0.05) is 17.6 Å². The lowest BCUT2D eigenvalue weighted by Gasteiger charge is -2.38. The number of ether oxygens (including phenoxy) is 1. The summed E-state index contributed by atoms with van der Waals surface area (Å²) >= 11 is 19.4. The molecule has 0 spiro atoms. The van der Waals surface area contributed by atoms with E-state index in [1.165, 1.54) is 0 Å². The van der Waals surface area contributed by atoms with Crippen molar-refractivity contribution in [2.75, 3.05) is 26.7 Å². The van der Waals surface area contributed by atoms with Crippen molar-refractivity contribution in [3.8, 4) is 0 Å². The van der Waals surface area contributed by atoms with E-state index < -0.39 is 6.04 Å². The first-order valence-electron chi connectivity index (χ1n) is 12.5. The van der Waals surface area contributed by atoms with Gasteiger partial charge in [0.25, 0.3) is 0 Å². The van der Waals surface area contributed by atoms with Gasteiger partial charge in [-0.25, -0.2) is 4.79 Å². The third-order valence-corrected chi connectivity index (χ3v) is 7.94. The summed E-state index contributed by atoms with van der Waals surface area (Å²) in [5.74, 6) is 0. The Kier molecular flexibility index (Phi) is 10.1. The van der Waals surface area contributed by atoms with Crippen molar-refractivity contribution < 1.29 is 9.53 Å². The van der Waals surface area contributed by atoms with Crippen LogP contribution in [0.15, 0.2) is 72.8 Å². The van der Waals surface area contributed by atoms with Crippen molar-refractivity contribution in [2.45, 2.75) is 38.1 Å². The number of nitrogens with one attached hydrogen (secondary N) is 1. The molecule has 4 rings (SSSR count). The van der Waals surface area contributed by atoms with Gasteiger partial charge < -0.3 is 19.9 Å². The Morgan fingerprint density at radius 2 is 1.65 bits per heavy atom. The molecule has 196 valence electrons. The number of urea groups is 1. The van der Waals surface area contributed by atoms with Gasteiger partial charge in [0.05, 0.1) is 29.3 Å². The Balaban J connectivity index is 1.56. The number of rotatable bonds is 9. The molecular weight excluding hydrogens is 529 g/mol. The quantitative estimate of drug-likeness (QED) is 0.301. The van der Waals surface area contributed by atoms with Crippen LogP contribution < -0.4 is 5.32 Å². The Labute approximate surface area is 234 Å². The lowest BCUT2D eigenvalue weighted by Crippen LogP contribution is -2.50. The summed E-state index contributed by atoms with van der Waals surface area (Å²) in [4.78, 5) is 18.1. The molecule has 8 heteroatoms. The molecule has 1 fully saturated rings. The molecule has 2 amide bonds. The number of carbonyl (C=O) groups excluding carboxylic acids is 1. The highest BCUT2D eigenvalue weighted by Crippen LogP contribution is 2.31. The largest absolute Gasteiger partial charge is 0.374 e. The molecule has 0 saturated carbocycles. The maximum absolute atomic E-state index is 13.9. The number of piperidine rings is 1. The number of amides is 2. The highest BCUT2D eigenvalue weighted by Gasteiger charge is 2.30. The van der Waals surface area contributed by atoms with E-state index in [0.29, 0.717) is 28.2 Å². The second kappa shape index (κ2) is 13.5. The standard InChI is InChI=1S/C29H32Cl3N3O2/c1-34-16-14-23(15-17-34)35(18-22-10-5-6-12-25(22)30)29(36)33-27(24-11-7-13-26(31)28(24)32)20-37-19-21-8-3-2-4-9-21/h2-13,23,27H,14-20H2,1H3,(H,33,36). The number of likely N-dealkylation sites (tertiary alicyclic amines) is 1. The fourth-order valence-corrected chi connectivity index (χ4v) is 5.22. The van der Waals surface area contributed by atoms with Crippen molar-refractivity contribution in [1.29, 1.82) is 0 Å². The second-order valence-electron chi connectivity index (χ2n) is 9.40. The number of benzene rings is 3. The molecule has 0 aromatic heterocycles. The summed E-state index contributed by atoms with van der Waals surface area (Å²) in [6.07, 6.45) is 1.78. The lowest BCUT2D eigenvalue weighted by atomic mass is 10.0. The summed E-state index contributed by atoms with van der Waals surface area (Å²) in [7, 11) is 2.11. The van der Waals surface area contributed by atoms with Gasteiger partial charge in [-0.1, -0.05) is 95.5 Å². The minimum Gasteiger partial charge on any atom is -0.374 e. The van der Waals surface area contributed by atoms with Gasteiger partial charge in [0.1, 0.15) is 0 Å². The van der Waals surface area contributed by atoms with E-state index >= 15 is 0 Å². The van der Waals surface area contributed by atoms with Crippen LogP contribution in [-0.2, 0) is 17.9 Å². The van der Waals surface area contributed by atoms with Crippen molar-refractivity contribution in [3.63, 3.8) is 0 Å². The van der Waals surface area contributed by atoms with Crippen molar-refractivity contribution in [2.24, 2.45) is 0 Å². The van der Waals surface area contributed by atoms with Gasteiger partial charge in [-0.2, -0.15) is 0 Å². The maximum atomic E-state index is 13.9. The summed E-state index contributed by atoms with van der Waals surface area (Å²) in [6, 6.07) is 22.4. The van der Waals surface area contributed by atoms with Gasteiger partial charge in [-0.3, -0.25) is 0 Å². The molecule has 3 aromatic rings. The number of hydrogen-bond acceptors (Lipinski definition) is 3. The zero-order valence-corrected chi connectivity index (χ0v) is 23.1. The van der Waals surface area contributed by atoms with E-state index in [9.17, 15) is 4.79 Å². The molecule has 0 aliphatic carbocycles. The molecule has 1 atom stereocenters. The summed E-state index contributed by atoms with van der Waals surface area (Å²) in [6.45, 7) is 2.94. The first kappa shape index (κ1) is 27.7. The minimum atomic E-state index is -0.484. The topological polar surface area (TPSA) is 44.8 Å². The van der Waals surface area contributed by atoms with Crippen molar-refractivity contribution >= 4 is 40.8 Å². The van der Waals surface area contributed by atoms with E-state index in [1.807, 2.05) is 71.6 Å². The molecule has 37 heavy (non-hydrogen) atoms. The van der Waals surface area contributed by atoms with Gasteiger partial charge >= 0.3 is 6.03 Å². The molecule has 0 radical (unpaired) electrons. The molecule has 1 aliphatic rings. The number of carbonyl (C=O) groups is 1. The number of halogens is 3. The molecule has 1 aliphatic heterocycles. The van der Waals surface area contributed by atoms with E-state index in [1.54, 1.807) is 6.07 Å².